The first-order valence-corrected chi connectivity index (χ1v) is 16.4. The summed E-state index contributed by atoms with van der Waals surface area (Å²) in [5.41, 5.74) is 1.74. The summed E-state index contributed by atoms with van der Waals surface area (Å²) in [6, 6.07) is 9.80. The number of esters is 1. The van der Waals surface area contributed by atoms with Gasteiger partial charge in [0, 0.05) is 13.1 Å². The van der Waals surface area contributed by atoms with Gasteiger partial charge in [0.1, 0.15) is 0 Å². The molecule has 1 fully saturated rings. The SMILES string of the molecule is CCOC(=O)C1=C(C)N=c2s/c(=C/c3ccc(OCC(=O)N4CCOCC4)c(OCC)c3)c(=O)n2[C@H]1c1ccc(OC)c(OCC)c1. The molecule has 3 aromatic rings. The van der Waals surface area contributed by atoms with Gasteiger partial charge in [0.05, 0.1) is 62.0 Å². The van der Waals surface area contributed by atoms with Gasteiger partial charge in [0.15, 0.2) is 34.4 Å². The van der Waals surface area contributed by atoms with Gasteiger partial charge in [0.25, 0.3) is 11.5 Å². The smallest absolute Gasteiger partial charge is 0.338 e. The Morgan fingerprint density at radius 1 is 0.957 bits per heavy atom. The van der Waals surface area contributed by atoms with Crippen molar-refractivity contribution < 1.29 is 38.0 Å². The lowest BCUT2D eigenvalue weighted by Gasteiger charge is -2.26. The quantitative estimate of drug-likeness (QED) is 0.269. The fourth-order valence-electron chi connectivity index (χ4n) is 5.44. The lowest BCUT2D eigenvalue weighted by Crippen LogP contribution is -2.43. The number of fused-ring (bicyclic) bond motifs is 1. The van der Waals surface area contributed by atoms with Crippen LogP contribution in [0.4, 0.5) is 0 Å². The third-order valence-corrected chi connectivity index (χ3v) is 8.58. The molecule has 0 saturated carbocycles. The maximum absolute atomic E-state index is 14.1. The van der Waals surface area contributed by atoms with E-state index < -0.39 is 12.0 Å². The molecular weight excluding hydrogens is 626 g/mol. The first kappa shape index (κ1) is 33.7. The van der Waals surface area contributed by atoms with E-state index >= 15 is 0 Å². The van der Waals surface area contributed by atoms with Gasteiger partial charge in [-0.2, -0.15) is 0 Å². The van der Waals surface area contributed by atoms with Gasteiger partial charge in [0.2, 0.25) is 0 Å². The van der Waals surface area contributed by atoms with Crippen molar-refractivity contribution in [3.05, 3.63) is 78.5 Å². The van der Waals surface area contributed by atoms with E-state index in [-0.39, 0.29) is 30.3 Å². The largest absolute Gasteiger partial charge is 0.493 e. The Morgan fingerprint density at radius 3 is 2.34 bits per heavy atom. The first-order valence-electron chi connectivity index (χ1n) is 15.5. The van der Waals surface area contributed by atoms with Gasteiger partial charge >= 0.3 is 5.97 Å². The number of methoxy groups -OCH3 is 1. The molecule has 2 aromatic carbocycles. The highest BCUT2D eigenvalue weighted by Crippen LogP contribution is 2.36. The molecule has 0 bridgehead atoms. The Labute approximate surface area is 276 Å². The molecule has 2 aliphatic heterocycles. The number of hydrogen-bond acceptors (Lipinski definition) is 11. The number of ether oxygens (including phenoxy) is 6. The number of rotatable bonds is 12. The summed E-state index contributed by atoms with van der Waals surface area (Å²) in [5.74, 6) is 1.22. The topological polar surface area (TPSA) is 127 Å². The first-order chi connectivity index (χ1) is 22.8. The third-order valence-electron chi connectivity index (χ3n) is 7.60. The van der Waals surface area contributed by atoms with Crippen molar-refractivity contribution in [3.8, 4) is 23.0 Å². The Balaban J connectivity index is 1.54. The molecule has 47 heavy (non-hydrogen) atoms. The number of benzene rings is 2. The van der Waals surface area contributed by atoms with Crippen LogP contribution in [0, 0.1) is 0 Å². The minimum absolute atomic E-state index is 0.127. The van der Waals surface area contributed by atoms with Crippen molar-refractivity contribution in [1.29, 1.82) is 0 Å². The molecule has 13 heteroatoms. The summed E-state index contributed by atoms with van der Waals surface area (Å²) < 4.78 is 35.6. The van der Waals surface area contributed by atoms with Gasteiger partial charge in [-0.05, 0) is 69.2 Å². The van der Waals surface area contributed by atoms with Crippen LogP contribution in [0.2, 0.25) is 0 Å². The minimum atomic E-state index is -0.809. The monoisotopic (exact) mass is 665 g/mol. The second kappa shape index (κ2) is 15.3. The van der Waals surface area contributed by atoms with E-state index in [0.29, 0.717) is 88.7 Å². The maximum atomic E-state index is 14.1. The van der Waals surface area contributed by atoms with E-state index in [1.54, 1.807) is 68.3 Å². The average molecular weight is 666 g/mol. The van der Waals surface area contributed by atoms with E-state index in [9.17, 15) is 14.4 Å². The van der Waals surface area contributed by atoms with Crippen LogP contribution < -0.4 is 33.8 Å². The van der Waals surface area contributed by atoms with Crippen molar-refractivity contribution in [3.63, 3.8) is 0 Å². The van der Waals surface area contributed by atoms with Crippen LogP contribution in [0.3, 0.4) is 0 Å². The fraction of sp³-hybridized carbons (Fsp3) is 0.412. The van der Waals surface area contributed by atoms with Gasteiger partial charge in [-0.3, -0.25) is 14.2 Å². The van der Waals surface area contributed by atoms with E-state index in [1.165, 1.54) is 15.9 Å². The van der Waals surface area contributed by atoms with Crippen molar-refractivity contribution in [2.24, 2.45) is 4.99 Å². The number of allylic oxidation sites excluding steroid dienone is 1. The molecule has 0 radical (unpaired) electrons. The number of hydrogen-bond donors (Lipinski definition) is 0. The van der Waals surface area contributed by atoms with Crippen LogP contribution in [-0.2, 0) is 19.1 Å². The Bertz CT molecular complexity index is 1840. The second-order valence-corrected chi connectivity index (χ2v) is 11.6. The molecule has 250 valence electrons. The lowest BCUT2D eigenvalue weighted by atomic mass is 9.95. The van der Waals surface area contributed by atoms with Crippen molar-refractivity contribution in [2.45, 2.75) is 33.7 Å². The highest BCUT2D eigenvalue weighted by molar-refractivity contribution is 7.07. The van der Waals surface area contributed by atoms with Gasteiger partial charge in [-0.1, -0.05) is 23.5 Å². The zero-order valence-corrected chi connectivity index (χ0v) is 28.0. The molecular formula is C34H39N3O9S. The molecule has 1 atom stereocenters. The summed E-state index contributed by atoms with van der Waals surface area (Å²) in [7, 11) is 1.55. The highest BCUT2D eigenvalue weighted by Gasteiger charge is 2.34. The summed E-state index contributed by atoms with van der Waals surface area (Å²) >= 11 is 1.22. The van der Waals surface area contributed by atoms with Gasteiger partial charge in [-0.15, -0.1) is 0 Å². The molecule has 0 aliphatic carbocycles. The van der Waals surface area contributed by atoms with Crippen molar-refractivity contribution >= 4 is 29.3 Å². The number of aromatic nitrogens is 1. The molecule has 1 aromatic heterocycles. The van der Waals surface area contributed by atoms with Crippen LogP contribution in [0.15, 0.2) is 57.5 Å². The molecule has 1 saturated heterocycles. The van der Waals surface area contributed by atoms with E-state index in [2.05, 4.69) is 4.99 Å². The summed E-state index contributed by atoms with van der Waals surface area (Å²) in [5, 5.41) is 0. The summed E-state index contributed by atoms with van der Waals surface area (Å²) in [4.78, 5) is 46.8. The Morgan fingerprint density at radius 2 is 1.66 bits per heavy atom. The number of carbonyl (C=O) groups is 2. The van der Waals surface area contributed by atoms with Crippen LogP contribution >= 0.6 is 11.3 Å². The number of thiazole rings is 1. The highest BCUT2D eigenvalue weighted by atomic mass is 32.1. The summed E-state index contributed by atoms with van der Waals surface area (Å²) in [6.07, 6.45) is 1.75. The van der Waals surface area contributed by atoms with Crippen LogP contribution in [0.25, 0.3) is 6.08 Å². The zero-order chi connectivity index (χ0) is 33.5. The van der Waals surface area contributed by atoms with Crippen LogP contribution in [0.5, 0.6) is 23.0 Å². The Kier molecular flexibility index (Phi) is 11.0. The predicted molar refractivity (Wildman–Crippen MR) is 175 cm³/mol. The molecule has 1 amide bonds. The Hall–Kier alpha value is -4.62. The third kappa shape index (κ3) is 7.36. The van der Waals surface area contributed by atoms with E-state index in [1.807, 2.05) is 13.8 Å². The second-order valence-electron chi connectivity index (χ2n) is 10.6. The fourth-order valence-corrected chi connectivity index (χ4v) is 6.48. The summed E-state index contributed by atoms with van der Waals surface area (Å²) in [6.45, 7) is 10.1. The average Bonchev–Trinajstić information content (AvgIpc) is 3.37. The predicted octanol–water partition coefficient (Wildman–Crippen LogP) is 2.84. The zero-order valence-electron chi connectivity index (χ0n) is 27.2. The standard InChI is InChI=1S/C34H39N3O9S/c1-6-43-26-17-22(9-11-25(26)46-20-29(38)36-13-15-42-16-14-36)18-28-32(39)37-31(23-10-12-24(41-5)27(19-23)44-7-2)30(33(40)45-8-3)21(4)35-34(37)47-28/h9-12,17-19,31H,6-8,13-16,20H2,1-5H3/b28-18+/t31-/m0/s1. The number of amides is 1. The van der Waals surface area contributed by atoms with Crippen LogP contribution in [0.1, 0.15) is 44.9 Å². The molecule has 3 heterocycles. The molecule has 5 rings (SSSR count). The number of carbonyl (C=O) groups excluding carboxylic acids is 2. The minimum Gasteiger partial charge on any atom is -0.493 e. The van der Waals surface area contributed by atoms with Gasteiger partial charge in [-0.25, -0.2) is 9.79 Å². The lowest BCUT2D eigenvalue weighted by molar-refractivity contribution is -0.139. The number of morpholine rings is 1. The molecule has 0 spiro atoms. The van der Waals surface area contributed by atoms with Crippen LogP contribution in [-0.4, -0.2) is 81.2 Å². The molecule has 0 N–H and O–H groups in total. The van der Waals surface area contributed by atoms with Crippen molar-refractivity contribution in [2.75, 3.05) is 59.8 Å². The number of nitrogens with zero attached hydrogens (tertiary/aromatic N) is 3. The molecule has 12 nitrogen and oxygen atoms in total. The maximum Gasteiger partial charge on any atom is 0.338 e. The van der Waals surface area contributed by atoms with E-state index in [0.717, 1.165) is 0 Å². The van der Waals surface area contributed by atoms with Crippen molar-refractivity contribution in [1.82, 2.24) is 9.47 Å². The molecule has 2 aliphatic rings. The molecule has 0 unspecified atom stereocenters. The van der Waals surface area contributed by atoms with E-state index in [4.69, 9.17) is 28.4 Å². The van der Waals surface area contributed by atoms with Gasteiger partial charge < -0.3 is 33.3 Å². The normalized spacial score (nSPS) is 16.3.